The van der Waals surface area contributed by atoms with Crippen LogP contribution < -0.4 is 5.32 Å². The van der Waals surface area contributed by atoms with Crippen LogP contribution in [0.5, 0.6) is 0 Å². The van der Waals surface area contributed by atoms with Crippen LogP contribution in [0, 0.1) is 0 Å². The number of halogens is 4. The molecule has 2 N–H and O–H groups in total. The van der Waals surface area contributed by atoms with Crippen LogP contribution in [0.15, 0.2) is 22.7 Å². The third-order valence-electron chi connectivity index (χ3n) is 3.20. The van der Waals surface area contributed by atoms with Gasteiger partial charge in [-0.2, -0.15) is 13.2 Å². The van der Waals surface area contributed by atoms with E-state index in [-0.39, 0.29) is 23.2 Å². The van der Waals surface area contributed by atoms with E-state index >= 15 is 0 Å². The average molecular weight is 368 g/mol. The summed E-state index contributed by atoms with van der Waals surface area (Å²) < 4.78 is 43.2. The largest absolute Gasteiger partial charge is 0.416 e. The molecule has 1 aromatic carbocycles. The van der Waals surface area contributed by atoms with Crippen molar-refractivity contribution in [3.63, 3.8) is 0 Å². The predicted molar refractivity (Wildman–Crippen MR) is 71.9 cm³/mol. The summed E-state index contributed by atoms with van der Waals surface area (Å²) in [5.74, 6) is -0.687. The lowest BCUT2D eigenvalue weighted by atomic mass is 10.0. The fourth-order valence-electron chi connectivity index (χ4n) is 1.95. The molecule has 1 unspecified atom stereocenters. The lowest BCUT2D eigenvalue weighted by Crippen LogP contribution is -2.43. The molecule has 1 aromatic rings. The zero-order valence-corrected chi connectivity index (χ0v) is 12.4. The maximum absolute atomic E-state index is 12.7. The van der Waals surface area contributed by atoms with Crippen molar-refractivity contribution >= 4 is 21.8 Å². The minimum atomic E-state index is -4.52. The summed E-state index contributed by atoms with van der Waals surface area (Å²) in [5.41, 5.74) is -2.20. The summed E-state index contributed by atoms with van der Waals surface area (Å²) in [6.45, 7) is 0.408. The monoisotopic (exact) mass is 367 g/mol. The summed E-state index contributed by atoms with van der Waals surface area (Å²) in [7, 11) is 0. The highest BCUT2D eigenvalue weighted by atomic mass is 79.9. The average Bonchev–Trinajstić information content (AvgIpc) is 2.83. The molecule has 8 heteroatoms. The highest BCUT2D eigenvalue weighted by Crippen LogP contribution is 2.32. The van der Waals surface area contributed by atoms with Crippen molar-refractivity contribution in [1.82, 2.24) is 5.32 Å². The van der Waals surface area contributed by atoms with Crippen LogP contribution in [0.2, 0.25) is 0 Å². The minimum Gasteiger partial charge on any atom is -0.386 e. The first-order chi connectivity index (χ1) is 9.71. The Bertz CT molecular complexity index is 542. The molecule has 1 amide bonds. The van der Waals surface area contributed by atoms with Gasteiger partial charge in [0.1, 0.15) is 5.60 Å². The van der Waals surface area contributed by atoms with E-state index in [1.165, 1.54) is 6.07 Å². The molecule has 1 fully saturated rings. The highest BCUT2D eigenvalue weighted by molar-refractivity contribution is 9.10. The molecule has 2 rings (SSSR count). The zero-order valence-electron chi connectivity index (χ0n) is 10.8. The first-order valence-electron chi connectivity index (χ1n) is 6.16. The van der Waals surface area contributed by atoms with Crippen molar-refractivity contribution in [1.29, 1.82) is 0 Å². The van der Waals surface area contributed by atoms with Gasteiger partial charge in [-0.1, -0.05) is 0 Å². The van der Waals surface area contributed by atoms with Gasteiger partial charge in [0.15, 0.2) is 0 Å². The molecule has 0 radical (unpaired) electrons. The van der Waals surface area contributed by atoms with E-state index in [1.54, 1.807) is 0 Å². The smallest absolute Gasteiger partial charge is 0.386 e. The van der Waals surface area contributed by atoms with Crippen LogP contribution in [-0.2, 0) is 10.9 Å². The maximum atomic E-state index is 12.7. The second-order valence-corrected chi connectivity index (χ2v) is 5.76. The van der Waals surface area contributed by atoms with Gasteiger partial charge in [-0.15, -0.1) is 0 Å². The van der Waals surface area contributed by atoms with Crippen LogP contribution >= 0.6 is 15.9 Å². The number of carbonyl (C=O) groups is 1. The molecular weight excluding hydrogens is 355 g/mol. The second-order valence-electron chi connectivity index (χ2n) is 4.90. The number of hydrogen-bond donors (Lipinski definition) is 2. The van der Waals surface area contributed by atoms with E-state index in [2.05, 4.69) is 21.2 Å². The Labute approximate surface area is 127 Å². The summed E-state index contributed by atoms with van der Waals surface area (Å²) in [6.07, 6.45) is -4.15. The van der Waals surface area contributed by atoms with Gasteiger partial charge in [-0.05, 0) is 34.1 Å². The third kappa shape index (κ3) is 3.96. The van der Waals surface area contributed by atoms with E-state index in [0.717, 1.165) is 12.1 Å². The molecule has 21 heavy (non-hydrogen) atoms. The number of amides is 1. The fourth-order valence-corrected chi connectivity index (χ4v) is 2.38. The first-order valence-corrected chi connectivity index (χ1v) is 6.96. The van der Waals surface area contributed by atoms with Crippen molar-refractivity contribution in [2.45, 2.75) is 18.2 Å². The molecular formula is C13H13BrF3NO3. The van der Waals surface area contributed by atoms with Gasteiger partial charge in [0.25, 0.3) is 5.91 Å². The number of rotatable bonds is 3. The minimum absolute atomic E-state index is 0.0749. The van der Waals surface area contributed by atoms with Crippen LogP contribution in [-0.4, -0.2) is 36.4 Å². The van der Waals surface area contributed by atoms with Crippen molar-refractivity contribution in [2.75, 3.05) is 19.8 Å². The van der Waals surface area contributed by atoms with Crippen LogP contribution in [0.4, 0.5) is 13.2 Å². The Morgan fingerprint density at radius 1 is 1.48 bits per heavy atom. The normalized spacial score (nSPS) is 22.3. The number of aliphatic hydroxyl groups is 1. The summed E-state index contributed by atoms with van der Waals surface area (Å²) >= 11 is 3.05. The van der Waals surface area contributed by atoms with Gasteiger partial charge in [-0.25, -0.2) is 0 Å². The Morgan fingerprint density at radius 2 is 2.19 bits per heavy atom. The van der Waals surface area contributed by atoms with Crippen molar-refractivity contribution in [3.8, 4) is 0 Å². The number of carbonyl (C=O) groups excluding carboxylic acids is 1. The zero-order chi connectivity index (χ0) is 15.7. The summed E-state index contributed by atoms with van der Waals surface area (Å²) in [6, 6.07) is 2.83. The molecule has 1 aliphatic rings. The molecule has 0 spiro atoms. The number of alkyl halides is 3. The number of ether oxygens (including phenoxy) is 1. The van der Waals surface area contributed by atoms with Gasteiger partial charge in [0.2, 0.25) is 0 Å². The Morgan fingerprint density at radius 3 is 2.76 bits per heavy atom. The Balaban J connectivity index is 2.11. The highest BCUT2D eigenvalue weighted by Gasteiger charge is 2.34. The van der Waals surface area contributed by atoms with Crippen molar-refractivity contribution < 1.29 is 27.8 Å². The van der Waals surface area contributed by atoms with Gasteiger partial charge in [-0.3, -0.25) is 4.79 Å². The molecule has 0 aliphatic carbocycles. The Kier molecular flexibility index (Phi) is 4.60. The standard InChI is InChI=1S/C13H13BrF3NO3/c14-10-2-1-8(13(15,16)17)5-9(10)11(19)18-6-12(20)3-4-21-7-12/h1-2,5,20H,3-4,6-7H2,(H,18,19). The quantitative estimate of drug-likeness (QED) is 0.861. The molecule has 1 saturated heterocycles. The van der Waals surface area contributed by atoms with E-state index in [4.69, 9.17) is 4.74 Å². The van der Waals surface area contributed by atoms with Gasteiger partial charge in [0, 0.05) is 24.0 Å². The predicted octanol–water partition coefficient (Wildman–Crippen LogP) is 2.35. The molecule has 1 aliphatic heterocycles. The van der Waals surface area contributed by atoms with Gasteiger partial charge in [0.05, 0.1) is 17.7 Å². The van der Waals surface area contributed by atoms with Crippen molar-refractivity contribution in [3.05, 3.63) is 33.8 Å². The SMILES string of the molecule is O=C(NCC1(O)CCOC1)c1cc(C(F)(F)F)ccc1Br. The van der Waals surface area contributed by atoms with Crippen LogP contribution in [0.3, 0.4) is 0 Å². The number of hydrogen-bond acceptors (Lipinski definition) is 3. The molecule has 116 valence electrons. The second kappa shape index (κ2) is 5.94. The maximum Gasteiger partial charge on any atom is 0.416 e. The van der Waals surface area contributed by atoms with Crippen LogP contribution in [0.25, 0.3) is 0 Å². The Hall–Kier alpha value is -1.12. The number of benzene rings is 1. The molecule has 0 saturated carbocycles. The van der Waals surface area contributed by atoms with Gasteiger partial charge >= 0.3 is 6.18 Å². The summed E-state index contributed by atoms with van der Waals surface area (Å²) in [4.78, 5) is 12.0. The topological polar surface area (TPSA) is 58.6 Å². The van der Waals surface area contributed by atoms with E-state index in [0.29, 0.717) is 13.0 Å². The molecule has 0 aromatic heterocycles. The lowest BCUT2D eigenvalue weighted by Gasteiger charge is -2.21. The first kappa shape index (κ1) is 16.3. The van der Waals surface area contributed by atoms with Crippen molar-refractivity contribution in [2.24, 2.45) is 0 Å². The fraction of sp³-hybridized carbons (Fsp3) is 0.462. The molecule has 0 bridgehead atoms. The van der Waals surface area contributed by atoms with E-state index in [9.17, 15) is 23.1 Å². The molecule has 4 nitrogen and oxygen atoms in total. The van der Waals surface area contributed by atoms with E-state index < -0.39 is 23.2 Å². The number of nitrogens with one attached hydrogen (secondary N) is 1. The van der Waals surface area contributed by atoms with Gasteiger partial charge < -0.3 is 15.2 Å². The lowest BCUT2D eigenvalue weighted by molar-refractivity contribution is -0.137. The van der Waals surface area contributed by atoms with E-state index in [1.807, 2.05) is 0 Å². The third-order valence-corrected chi connectivity index (χ3v) is 3.89. The molecule has 1 heterocycles. The summed E-state index contributed by atoms with van der Waals surface area (Å²) in [5, 5.41) is 12.4. The van der Waals surface area contributed by atoms with Crippen LogP contribution in [0.1, 0.15) is 22.3 Å². The molecule has 1 atom stereocenters.